The molecule has 1 heterocycles. The first-order chi connectivity index (χ1) is 6.27. The van der Waals surface area contributed by atoms with Crippen LogP contribution in [0.1, 0.15) is 33.1 Å². The molecule has 1 rings (SSSR count). The average Bonchev–Trinajstić information content (AvgIpc) is 2.17. The lowest BCUT2D eigenvalue weighted by molar-refractivity contribution is 0.224. The highest BCUT2D eigenvalue weighted by molar-refractivity contribution is 7.99. The molecule has 3 heteroatoms. The maximum Gasteiger partial charge on any atom is 0.0584 e. The highest BCUT2D eigenvalue weighted by Gasteiger charge is 2.23. The molecule has 13 heavy (non-hydrogen) atoms. The number of nitrogens with one attached hydrogen (secondary N) is 1. The Morgan fingerprint density at radius 1 is 1.62 bits per heavy atom. The Labute approximate surface area is 85.5 Å². The normalized spacial score (nSPS) is 31.6. The molecular weight excluding hydrogens is 182 g/mol. The fourth-order valence-corrected chi connectivity index (χ4v) is 2.90. The van der Waals surface area contributed by atoms with Crippen LogP contribution in [-0.4, -0.2) is 34.8 Å². The van der Waals surface area contributed by atoms with Gasteiger partial charge >= 0.3 is 0 Å². The molecule has 0 aliphatic carbocycles. The van der Waals surface area contributed by atoms with Crippen molar-refractivity contribution in [2.45, 2.75) is 50.4 Å². The van der Waals surface area contributed by atoms with Crippen LogP contribution < -0.4 is 5.32 Å². The molecule has 0 spiro atoms. The molecule has 3 unspecified atom stereocenters. The highest BCUT2D eigenvalue weighted by Crippen LogP contribution is 2.25. The van der Waals surface area contributed by atoms with E-state index in [1.807, 2.05) is 11.8 Å². The number of hydrogen-bond donors (Lipinski definition) is 2. The Bertz CT molecular complexity index is 139. The zero-order valence-electron chi connectivity index (χ0n) is 8.62. The molecule has 1 saturated heterocycles. The smallest absolute Gasteiger partial charge is 0.0584 e. The van der Waals surface area contributed by atoms with E-state index in [0.29, 0.717) is 17.3 Å². The molecule has 78 valence electrons. The van der Waals surface area contributed by atoms with Gasteiger partial charge in [-0.2, -0.15) is 11.8 Å². The average molecular weight is 203 g/mol. The lowest BCUT2D eigenvalue weighted by Gasteiger charge is -2.32. The van der Waals surface area contributed by atoms with Crippen LogP contribution in [0.5, 0.6) is 0 Å². The maximum atomic E-state index is 9.07. The predicted molar refractivity (Wildman–Crippen MR) is 59.2 cm³/mol. The molecular formula is C10H21NOS. The van der Waals surface area contributed by atoms with E-state index in [9.17, 15) is 0 Å². The van der Waals surface area contributed by atoms with Crippen molar-refractivity contribution in [3.05, 3.63) is 0 Å². The fraction of sp³-hybridized carbons (Fsp3) is 1.00. The monoisotopic (exact) mass is 203 g/mol. The standard InChI is InChI=1S/C10H21NOS/c1-3-9(7-12)11-10-5-4-6-13-8(10)2/h8-12H,3-7H2,1-2H3. The lowest BCUT2D eigenvalue weighted by Crippen LogP contribution is -2.46. The third-order valence-corrected chi connectivity index (χ3v) is 4.15. The molecule has 0 bridgehead atoms. The minimum absolute atomic E-state index is 0.268. The second kappa shape index (κ2) is 5.89. The SMILES string of the molecule is CCC(CO)NC1CCCSC1C. The fourth-order valence-electron chi connectivity index (χ4n) is 1.74. The van der Waals surface area contributed by atoms with Crippen LogP contribution in [0.15, 0.2) is 0 Å². The summed E-state index contributed by atoms with van der Waals surface area (Å²) in [5.74, 6) is 1.30. The van der Waals surface area contributed by atoms with Crippen molar-refractivity contribution in [3.63, 3.8) is 0 Å². The molecule has 0 saturated carbocycles. The van der Waals surface area contributed by atoms with E-state index < -0.39 is 0 Å². The van der Waals surface area contributed by atoms with Gasteiger partial charge in [-0.05, 0) is 25.0 Å². The number of hydrogen-bond acceptors (Lipinski definition) is 3. The minimum Gasteiger partial charge on any atom is -0.395 e. The first kappa shape index (κ1) is 11.3. The quantitative estimate of drug-likeness (QED) is 0.728. The van der Waals surface area contributed by atoms with Crippen molar-refractivity contribution >= 4 is 11.8 Å². The number of thioether (sulfide) groups is 1. The first-order valence-corrected chi connectivity index (χ1v) is 6.31. The van der Waals surface area contributed by atoms with Crippen LogP contribution in [0, 0.1) is 0 Å². The van der Waals surface area contributed by atoms with Crippen LogP contribution in [0.25, 0.3) is 0 Å². The molecule has 3 atom stereocenters. The van der Waals surface area contributed by atoms with E-state index in [1.54, 1.807) is 0 Å². The van der Waals surface area contributed by atoms with E-state index in [4.69, 9.17) is 5.11 Å². The summed E-state index contributed by atoms with van der Waals surface area (Å²) in [6, 6.07) is 0.905. The number of rotatable bonds is 4. The van der Waals surface area contributed by atoms with Gasteiger partial charge in [-0.25, -0.2) is 0 Å². The van der Waals surface area contributed by atoms with Gasteiger partial charge in [0.2, 0.25) is 0 Å². The van der Waals surface area contributed by atoms with Gasteiger partial charge in [0.05, 0.1) is 6.61 Å². The Morgan fingerprint density at radius 2 is 2.38 bits per heavy atom. The van der Waals surface area contributed by atoms with Crippen LogP contribution in [0.2, 0.25) is 0 Å². The topological polar surface area (TPSA) is 32.3 Å². The highest BCUT2D eigenvalue weighted by atomic mass is 32.2. The Hall–Kier alpha value is 0.270. The minimum atomic E-state index is 0.268. The van der Waals surface area contributed by atoms with Gasteiger partial charge in [-0.3, -0.25) is 0 Å². The van der Waals surface area contributed by atoms with E-state index in [1.165, 1.54) is 18.6 Å². The maximum absolute atomic E-state index is 9.07. The van der Waals surface area contributed by atoms with Crippen molar-refractivity contribution in [2.75, 3.05) is 12.4 Å². The van der Waals surface area contributed by atoms with Crippen molar-refractivity contribution in [1.29, 1.82) is 0 Å². The molecule has 1 aliphatic heterocycles. The van der Waals surface area contributed by atoms with Gasteiger partial charge < -0.3 is 10.4 Å². The van der Waals surface area contributed by atoms with Crippen molar-refractivity contribution in [2.24, 2.45) is 0 Å². The van der Waals surface area contributed by atoms with Gasteiger partial charge in [0.1, 0.15) is 0 Å². The second-order valence-corrected chi connectivity index (χ2v) is 5.26. The van der Waals surface area contributed by atoms with Gasteiger partial charge in [0.25, 0.3) is 0 Å². The summed E-state index contributed by atoms with van der Waals surface area (Å²) in [5.41, 5.74) is 0. The number of aliphatic hydroxyl groups is 1. The van der Waals surface area contributed by atoms with Crippen molar-refractivity contribution in [3.8, 4) is 0 Å². The molecule has 0 radical (unpaired) electrons. The Kier molecular flexibility index (Phi) is 5.14. The lowest BCUT2D eigenvalue weighted by atomic mass is 10.1. The molecule has 1 aliphatic rings. The first-order valence-electron chi connectivity index (χ1n) is 5.26. The summed E-state index contributed by atoms with van der Waals surface area (Å²) < 4.78 is 0. The van der Waals surface area contributed by atoms with Crippen LogP contribution in [0.4, 0.5) is 0 Å². The molecule has 0 aromatic heterocycles. The molecule has 0 aromatic carbocycles. The third-order valence-electron chi connectivity index (χ3n) is 2.77. The Morgan fingerprint density at radius 3 is 2.92 bits per heavy atom. The molecule has 0 amide bonds. The predicted octanol–water partition coefficient (Wildman–Crippen LogP) is 1.63. The third kappa shape index (κ3) is 3.49. The summed E-state index contributed by atoms with van der Waals surface area (Å²) >= 11 is 2.04. The molecule has 1 fully saturated rings. The van der Waals surface area contributed by atoms with Gasteiger partial charge in [-0.1, -0.05) is 13.8 Å². The number of aliphatic hydroxyl groups excluding tert-OH is 1. The zero-order valence-corrected chi connectivity index (χ0v) is 9.44. The van der Waals surface area contributed by atoms with Crippen LogP contribution >= 0.6 is 11.8 Å². The van der Waals surface area contributed by atoms with E-state index in [0.717, 1.165) is 6.42 Å². The van der Waals surface area contributed by atoms with Gasteiger partial charge in [0.15, 0.2) is 0 Å². The summed E-state index contributed by atoms with van der Waals surface area (Å²) in [6.45, 7) is 4.67. The van der Waals surface area contributed by atoms with Crippen LogP contribution in [-0.2, 0) is 0 Å². The molecule has 2 nitrogen and oxygen atoms in total. The molecule has 2 N–H and O–H groups in total. The van der Waals surface area contributed by atoms with Crippen LogP contribution in [0.3, 0.4) is 0 Å². The second-order valence-electron chi connectivity index (χ2n) is 3.78. The van der Waals surface area contributed by atoms with Gasteiger partial charge in [0, 0.05) is 17.3 Å². The largest absolute Gasteiger partial charge is 0.395 e. The zero-order chi connectivity index (χ0) is 9.68. The van der Waals surface area contributed by atoms with Gasteiger partial charge in [-0.15, -0.1) is 0 Å². The van der Waals surface area contributed by atoms with Crippen molar-refractivity contribution < 1.29 is 5.11 Å². The summed E-state index contributed by atoms with van der Waals surface area (Å²) in [4.78, 5) is 0. The molecule has 0 aromatic rings. The van der Waals surface area contributed by atoms with Crippen molar-refractivity contribution in [1.82, 2.24) is 5.32 Å². The summed E-state index contributed by atoms with van der Waals surface area (Å²) in [7, 11) is 0. The summed E-state index contributed by atoms with van der Waals surface area (Å²) in [6.07, 6.45) is 3.60. The van der Waals surface area contributed by atoms with E-state index in [-0.39, 0.29) is 6.61 Å². The van der Waals surface area contributed by atoms with E-state index in [2.05, 4.69) is 19.2 Å². The Balaban J connectivity index is 2.32. The summed E-state index contributed by atoms with van der Waals surface area (Å²) in [5, 5.41) is 13.3. The van der Waals surface area contributed by atoms with E-state index >= 15 is 0 Å².